The van der Waals surface area contributed by atoms with E-state index in [4.69, 9.17) is 4.43 Å². The Morgan fingerprint density at radius 1 is 1.10 bits per heavy atom. The van der Waals surface area contributed by atoms with Crippen LogP contribution in [0.3, 0.4) is 0 Å². The van der Waals surface area contributed by atoms with E-state index in [0.29, 0.717) is 5.41 Å². The van der Waals surface area contributed by atoms with Crippen LogP contribution in [-0.2, 0) is 4.43 Å². The van der Waals surface area contributed by atoms with Crippen molar-refractivity contribution < 1.29 is 4.43 Å². The fraction of sp³-hybridized carbons (Fsp3) is 0.889. The molecule has 0 bridgehead atoms. The van der Waals surface area contributed by atoms with Gasteiger partial charge in [0.05, 0.1) is 5.76 Å². The Hall–Kier alpha value is -0.243. The first kappa shape index (κ1) is 17.8. The Morgan fingerprint density at radius 2 is 1.70 bits per heavy atom. The number of allylic oxidation sites excluding steroid dienone is 2. The van der Waals surface area contributed by atoms with Crippen molar-refractivity contribution in [2.45, 2.75) is 85.5 Å². The van der Waals surface area contributed by atoms with E-state index < -0.39 is 0 Å². The van der Waals surface area contributed by atoms with Crippen LogP contribution in [0.2, 0.25) is 0 Å². The van der Waals surface area contributed by atoms with E-state index in [1.807, 2.05) is 0 Å². The highest BCUT2D eigenvalue weighted by molar-refractivity contribution is 5.98. The zero-order valence-electron chi connectivity index (χ0n) is 14.5. The van der Waals surface area contributed by atoms with Crippen LogP contribution in [0, 0.1) is 17.3 Å². The third kappa shape index (κ3) is 5.63. The van der Waals surface area contributed by atoms with E-state index in [0.717, 1.165) is 22.3 Å². The summed E-state index contributed by atoms with van der Waals surface area (Å²) in [5, 5.41) is 0. The molecule has 0 aromatic carbocycles. The molecule has 1 nitrogen and oxygen atoms in total. The highest BCUT2D eigenvalue weighted by Gasteiger charge is 2.31. The Balaban J connectivity index is 2.77. The second-order valence-electron chi connectivity index (χ2n) is 7.44. The Morgan fingerprint density at radius 3 is 2.30 bits per heavy atom. The molecular weight excluding hydrogens is 260 g/mol. The van der Waals surface area contributed by atoms with Gasteiger partial charge in [0, 0.05) is 6.42 Å². The summed E-state index contributed by atoms with van der Waals surface area (Å²) in [5.74, 6) is 2.82. The van der Waals surface area contributed by atoms with E-state index in [1.54, 1.807) is 0 Å². The summed E-state index contributed by atoms with van der Waals surface area (Å²) in [6.07, 6.45) is 14.5. The van der Waals surface area contributed by atoms with Gasteiger partial charge in [0.15, 0.2) is 0 Å². The maximum absolute atomic E-state index is 5.72. The van der Waals surface area contributed by atoms with Crippen molar-refractivity contribution >= 4 is 10.5 Å². The molecule has 0 spiro atoms. The van der Waals surface area contributed by atoms with Gasteiger partial charge in [0.25, 0.3) is 0 Å². The largest absolute Gasteiger partial charge is 0.556 e. The van der Waals surface area contributed by atoms with Gasteiger partial charge in [0.1, 0.15) is 0 Å². The fourth-order valence-corrected chi connectivity index (χ4v) is 3.59. The minimum atomic E-state index is 0.427. The Bertz CT molecular complexity index is 294. The molecule has 0 saturated carbocycles. The third-order valence-corrected chi connectivity index (χ3v) is 6.18. The van der Waals surface area contributed by atoms with Crippen LogP contribution in [0.15, 0.2) is 11.8 Å². The van der Waals surface area contributed by atoms with E-state index >= 15 is 0 Å². The minimum absolute atomic E-state index is 0.427. The third-order valence-electron chi connectivity index (χ3n) is 5.66. The summed E-state index contributed by atoms with van der Waals surface area (Å²) in [4.78, 5) is 0. The first-order chi connectivity index (χ1) is 9.48. The van der Waals surface area contributed by atoms with Crippen LogP contribution >= 0.6 is 0 Å². The van der Waals surface area contributed by atoms with Crippen molar-refractivity contribution in [1.82, 2.24) is 0 Å². The monoisotopic (exact) mass is 296 g/mol. The first-order valence-corrected chi connectivity index (χ1v) is 9.53. The van der Waals surface area contributed by atoms with Crippen molar-refractivity contribution in [1.29, 1.82) is 0 Å². The smallest absolute Gasteiger partial charge is 0.203 e. The topological polar surface area (TPSA) is 9.23 Å². The Labute approximate surface area is 130 Å². The summed E-state index contributed by atoms with van der Waals surface area (Å²) in [6, 6.07) is 0. The maximum Gasteiger partial charge on any atom is 0.203 e. The number of rotatable bonds is 3. The standard InChI is InChI=1S/C18H36OSi/c1-15(2)18(3,4)16-11-9-7-5-6-8-10-12-17(19-20)14-13-16/h14-16H,5-13H2,1-4,20H3. The van der Waals surface area contributed by atoms with Gasteiger partial charge in [0.2, 0.25) is 10.5 Å². The van der Waals surface area contributed by atoms with Crippen LogP contribution < -0.4 is 0 Å². The van der Waals surface area contributed by atoms with Gasteiger partial charge < -0.3 is 4.43 Å². The average molecular weight is 297 g/mol. The minimum Gasteiger partial charge on any atom is -0.556 e. The molecule has 2 heteroatoms. The highest BCUT2D eigenvalue weighted by Crippen LogP contribution is 2.40. The molecule has 0 aromatic rings. The molecule has 1 unspecified atom stereocenters. The summed E-state index contributed by atoms with van der Waals surface area (Å²) in [7, 11) is 0.835. The van der Waals surface area contributed by atoms with Gasteiger partial charge in [-0.25, -0.2) is 0 Å². The van der Waals surface area contributed by atoms with Gasteiger partial charge in [-0.15, -0.1) is 0 Å². The van der Waals surface area contributed by atoms with E-state index in [-0.39, 0.29) is 0 Å². The van der Waals surface area contributed by atoms with Crippen molar-refractivity contribution in [2.75, 3.05) is 0 Å². The maximum atomic E-state index is 5.72. The zero-order chi connectivity index (χ0) is 15.0. The Kier molecular flexibility index (Phi) is 7.94. The molecule has 1 atom stereocenters. The van der Waals surface area contributed by atoms with Crippen molar-refractivity contribution in [3.05, 3.63) is 11.8 Å². The molecule has 0 aliphatic heterocycles. The lowest BCUT2D eigenvalue weighted by Crippen LogP contribution is -2.29. The molecule has 1 aliphatic rings. The van der Waals surface area contributed by atoms with Crippen molar-refractivity contribution in [2.24, 2.45) is 17.3 Å². The van der Waals surface area contributed by atoms with Gasteiger partial charge in [-0.05, 0) is 42.6 Å². The van der Waals surface area contributed by atoms with E-state index in [2.05, 4.69) is 33.8 Å². The molecule has 1 rings (SSSR count). The molecule has 1 aliphatic carbocycles. The summed E-state index contributed by atoms with van der Waals surface area (Å²) in [6.45, 7) is 9.68. The molecule has 0 heterocycles. The lowest BCUT2D eigenvalue weighted by molar-refractivity contribution is 0.126. The van der Waals surface area contributed by atoms with Gasteiger partial charge in [-0.2, -0.15) is 0 Å². The number of hydrogen-bond acceptors (Lipinski definition) is 1. The van der Waals surface area contributed by atoms with Crippen molar-refractivity contribution in [3.8, 4) is 0 Å². The first-order valence-electron chi connectivity index (χ1n) is 8.71. The van der Waals surface area contributed by atoms with Gasteiger partial charge in [-0.3, -0.25) is 0 Å². The van der Waals surface area contributed by atoms with Crippen LogP contribution in [0.1, 0.15) is 85.5 Å². The molecule has 0 N–H and O–H groups in total. The summed E-state index contributed by atoms with van der Waals surface area (Å²) in [5.41, 5.74) is 0.427. The lowest BCUT2D eigenvalue weighted by atomic mass is 9.67. The summed E-state index contributed by atoms with van der Waals surface area (Å²) >= 11 is 0. The van der Waals surface area contributed by atoms with Crippen molar-refractivity contribution in [3.63, 3.8) is 0 Å². The molecule has 0 radical (unpaired) electrons. The summed E-state index contributed by atoms with van der Waals surface area (Å²) < 4.78 is 5.72. The molecule has 20 heavy (non-hydrogen) atoms. The predicted molar refractivity (Wildman–Crippen MR) is 92.8 cm³/mol. The molecular formula is C18H36OSi. The average Bonchev–Trinajstić information content (AvgIpc) is 2.39. The van der Waals surface area contributed by atoms with Crippen LogP contribution in [-0.4, -0.2) is 10.5 Å². The van der Waals surface area contributed by atoms with Gasteiger partial charge >= 0.3 is 0 Å². The molecule has 0 aromatic heterocycles. The van der Waals surface area contributed by atoms with Crippen LogP contribution in [0.5, 0.6) is 0 Å². The molecule has 0 fully saturated rings. The molecule has 0 amide bonds. The van der Waals surface area contributed by atoms with E-state index in [1.165, 1.54) is 63.5 Å². The second-order valence-corrected chi connectivity index (χ2v) is 7.85. The van der Waals surface area contributed by atoms with Gasteiger partial charge in [-0.1, -0.05) is 59.8 Å². The van der Waals surface area contributed by atoms with Crippen LogP contribution in [0.4, 0.5) is 0 Å². The highest BCUT2D eigenvalue weighted by atomic mass is 28.2. The second kappa shape index (κ2) is 8.91. The SMILES string of the molecule is CC(C)C(C)(C)C1CC=C(O[SiH3])CCCCCCCC1. The van der Waals surface area contributed by atoms with Crippen LogP contribution in [0.25, 0.3) is 0 Å². The van der Waals surface area contributed by atoms with E-state index in [9.17, 15) is 0 Å². The fourth-order valence-electron chi connectivity index (χ4n) is 3.22. The molecule has 118 valence electrons. The predicted octanol–water partition coefficient (Wildman–Crippen LogP) is 4.99. The zero-order valence-corrected chi connectivity index (χ0v) is 16.5. The normalized spacial score (nSPS) is 23.9. The number of hydrogen-bond donors (Lipinski definition) is 0. The quantitative estimate of drug-likeness (QED) is 0.667. The molecule has 0 saturated heterocycles. The lowest BCUT2D eigenvalue weighted by Gasteiger charge is -2.38.